The fourth-order valence-electron chi connectivity index (χ4n) is 2.47. The van der Waals surface area contributed by atoms with Crippen molar-refractivity contribution in [3.05, 3.63) is 0 Å². The molecule has 5 atom stereocenters. The number of unbranched alkanes of at least 4 members (excludes halogenated alkanes) is 5. The lowest BCUT2D eigenvalue weighted by molar-refractivity contribution is -0.169. The van der Waals surface area contributed by atoms with Crippen molar-refractivity contribution in [3.63, 3.8) is 0 Å². The molecule has 0 bridgehead atoms. The summed E-state index contributed by atoms with van der Waals surface area (Å²) in [7, 11) is 1.38. The summed E-state index contributed by atoms with van der Waals surface area (Å²) < 4.78 is 15.6. The van der Waals surface area contributed by atoms with Gasteiger partial charge in [0.15, 0.2) is 6.29 Å². The molecule has 0 radical (unpaired) electrons. The lowest BCUT2D eigenvalue weighted by atomic mass is 10.1. The van der Waals surface area contributed by atoms with E-state index >= 15 is 0 Å². The van der Waals surface area contributed by atoms with E-state index in [1.165, 1.54) is 32.8 Å². The van der Waals surface area contributed by atoms with Crippen LogP contribution in [0.2, 0.25) is 0 Å². The Balaban J connectivity index is 2.10. The van der Waals surface area contributed by atoms with Crippen LogP contribution in [0.25, 0.3) is 0 Å². The quantitative estimate of drug-likeness (QED) is 0.490. The van der Waals surface area contributed by atoms with Gasteiger partial charge in [-0.05, 0) is 6.42 Å². The van der Waals surface area contributed by atoms with Gasteiger partial charge in [-0.1, -0.05) is 39.0 Å². The molecule has 1 unspecified atom stereocenters. The summed E-state index contributed by atoms with van der Waals surface area (Å²) in [6.45, 7) is 2.86. The molecule has 126 valence electrons. The second kappa shape index (κ2) is 10.5. The van der Waals surface area contributed by atoms with Crippen molar-refractivity contribution >= 4 is 0 Å². The van der Waals surface area contributed by atoms with Gasteiger partial charge >= 0.3 is 0 Å². The Morgan fingerprint density at radius 2 is 1.71 bits per heavy atom. The molecule has 0 spiro atoms. The first-order valence-electron chi connectivity index (χ1n) is 7.92. The smallest absolute Gasteiger partial charge is 0.186 e. The molecule has 0 aromatic heterocycles. The zero-order valence-corrected chi connectivity index (χ0v) is 13.1. The first-order chi connectivity index (χ1) is 10.1. The molecule has 3 N–H and O–H groups in total. The van der Waals surface area contributed by atoms with Gasteiger partial charge in [0.05, 0.1) is 6.61 Å². The van der Waals surface area contributed by atoms with E-state index in [2.05, 4.69) is 6.92 Å². The largest absolute Gasteiger partial charge is 0.388 e. The Bertz CT molecular complexity index is 263. The van der Waals surface area contributed by atoms with Crippen LogP contribution >= 0.6 is 0 Å². The number of hydrogen-bond donors (Lipinski definition) is 3. The van der Waals surface area contributed by atoms with E-state index < -0.39 is 30.7 Å². The van der Waals surface area contributed by atoms with Gasteiger partial charge in [-0.2, -0.15) is 0 Å². The predicted octanol–water partition coefficient (Wildman–Crippen LogP) is 0.817. The first kappa shape index (κ1) is 18.8. The summed E-state index contributed by atoms with van der Waals surface area (Å²) in [5.74, 6) is 0. The number of hydrogen-bond acceptors (Lipinski definition) is 6. The zero-order chi connectivity index (χ0) is 15.7. The van der Waals surface area contributed by atoms with Gasteiger partial charge in [-0.15, -0.1) is 0 Å². The van der Waals surface area contributed by atoms with Crippen LogP contribution in [0.15, 0.2) is 0 Å². The minimum absolute atomic E-state index is 0.0832. The van der Waals surface area contributed by atoms with Crippen molar-refractivity contribution in [1.82, 2.24) is 0 Å². The molecule has 0 aliphatic carbocycles. The third kappa shape index (κ3) is 6.18. The third-order valence-electron chi connectivity index (χ3n) is 3.80. The van der Waals surface area contributed by atoms with Crippen LogP contribution in [0, 0.1) is 0 Å². The standard InChI is InChI=1S/C15H30O6/c1-3-4-5-6-7-8-9-20-10-11(16)14-12(17)13(18)15(19-2)21-14/h11-18H,3-10H2,1-2H3/t11-,12-,13-,14+,15?/m1/s1. The normalized spacial score (nSPS) is 30.7. The topological polar surface area (TPSA) is 88.4 Å². The van der Waals surface area contributed by atoms with Crippen LogP contribution in [0.4, 0.5) is 0 Å². The van der Waals surface area contributed by atoms with Crippen LogP contribution in [0.5, 0.6) is 0 Å². The Labute approximate surface area is 127 Å². The molecule has 0 amide bonds. The Morgan fingerprint density at radius 1 is 1.05 bits per heavy atom. The first-order valence-corrected chi connectivity index (χ1v) is 7.92. The number of ether oxygens (including phenoxy) is 3. The fourth-order valence-corrected chi connectivity index (χ4v) is 2.47. The Morgan fingerprint density at radius 3 is 2.33 bits per heavy atom. The maximum Gasteiger partial charge on any atom is 0.186 e. The van der Waals surface area contributed by atoms with Gasteiger partial charge in [0.1, 0.15) is 24.4 Å². The van der Waals surface area contributed by atoms with Gasteiger partial charge in [0.25, 0.3) is 0 Å². The van der Waals surface area contributed by atoms with E-state index in [4.69, 9.17) is 14.2 Å². The van der Waals surface area contributed by atoms with Crippen molar-refractivity contribution in [2.45, 2.75) is 76.2 Å². The fraction of sp³-hybridized carbons (Fsp3) is 1.00. The van der Waals surface area contributed by atoms with Crippen LogP contribution in [-0.4, -0.2) is 66.3 Å². The third-order valence-corrected chi connectivity index (χ3v) is 3.80. The molecular weight excluding hydrogens is 276 g/mol. The van der Waals surface area contributed by atoms with Gasteiger partial charge in [-0.25, -0.2) is 0 Å². The van der Waals surface area contributed by atoms with Crippen molar-refractivity contribution in [1.29, 1.82) is 0 Å². The van der Waals surface area contributed by atoms with E-state index in [-0.39, 0.29) is 6.61 Å². The van der Waals surface area contributed by atoms with Crippen LogP contribution < -0.4 is 0 Å². The summed E-state index contributed by atoms with van der Waals surface area (Å²) >= 11 is 0. The Kier molecular flexibility index (Phi) is 9.39. The summed E-state index contributed by atoms with van der Waals surface area (Å²) in [5, 5.41) is 29.4. The second-order valence-electron chi connectivity index (χ2n) is 5.60. The molecule has 0 aromatic rings. The van der Waals surface area contributed by atoms with Gasteiger partial charge in [0.2, 0.25) is 0 Å². The van der Waals surface area contributed by atoms with E-state index in [1.807, 2.05) is 0 Å². The van der Waals surface area contributed by atoms with Crippen LogP contribution in [-0.2, 0) is 14.2 Å². The predicted molar refractivity (Wildman–Crippen MR) is 77.9 cm³/mol. The molecule has 0 saturated carbocycles. The van der Waals surface area contributed by atoms with Gasteiger partial charge in [-0.3, -0.25) is 0 Å². The SMILES string of the molecule is CCCCCCCCOC[C@@H](O)[C@@H]1OC(OC)[C@H](O)[C@H]1O. The monoisotopic (exact) mass is 306 g/mol. The summed E-state index contributed by atoms with van der Waals surface area (Å²) in [6, 6.07) is 0. The van der Waals surface area contributed by atoms with Crippen molar-refractivity contribution in [2.75, 3.05) is 20.3 Å². The minimum Gasteiger partial charge on any atom is -0.388 e. The van der Waals surface area contributed by atoms with Gasteiger partial charge in [0, 0.05) is 13.7 Å². The average molecular weight is 306 g/mol. The average Bonchev–Trinajstić information content (AvgIpc) is 2.77. The van der Waals surface area contributed by atoms with E-state index in [9.17, 15) is 15.3 Å². The molecule has 6 nitrogen and oxygen atoms in total. The molecule has 21 heavy (non-hydrogen) atoms. The highest BCUT2D eigenvalue weighted by Gasteiger charge is 2.46. The van der Waals surface area contributed by atoms with E-state index in [1.54, 1.807) is 0 Å². The lowest BCUT2D eigenvalue weighted by Crippen LogP contribution is -2.41. The molecule has 1 aliphatic heterocycles. The highest BCUT2D eigenvalue weighted by molar-refractivity contribution is 4.90. The highest BCUT2D eigenvalue weighted by Crippen LogP contribution is 2.24. The molecule has 6 heteroatoms. The van der Waals surface area contributed by atoms with Gasteiger partial charge < -0.3 is 29.5 Å². The summed E-state index contributed by atoms with van der Waals surface area (Å²) in [5.41, 5.74) is 0. The molecule has 1 rings (SSSR count). The maximum absolute atomic E-state index is 9.95. The van der Waals surface area contributed by atoms with E-state index in [0.717, 1.165) is 12.8 Å². The molecule has 1 heterocycles. The molecular formula is C15H30O6. The van der Waals surface area contributed by atoms with Crippen molar-refractivity contribution in [2.24, 2.45) is 0 Å². The van der Waals surface area contributed by atoms with Crippen LogP contribution in [0.3, 0.4) is 0 Å². The highest BCUT2D eigenvalue weighted by atomic mass is 16.7. The molecule has 0 aromatic carbocycles. The number of rotatable bonds is 11. The maximum atomic E-state index is 9.95. The number of aliphatic hydroxyl groups is 3. The molecule has 1 fully saturated rings. The number of aliphatic hydroxyl groups excluding tert-OH is 3. The number of methoxy groups -OCH3 is 1. The zero-order valence-electron chi connectivity index (χ0n) is 13.1. The van der Waals surface area contributed by atoms with Crippen molar-refractivity contribution in [3.8, 4) is 0 Å². The molecule has 1 saturated heterocycles. The Hall–Kier alpha value is -0.240. The summed E-state index contributed by atoms with van der Waals surface area (Å²) in [4.78, 5) is 0. The minimum atomic E-state index is -1.16. The van der Waals surface area contributed by atoms with Crippen molar-refractivity contribution < 1.29 is 29.5 Å². The second-order valence-corrected chi connectivity index (χ2v) is 5.60. The van der Waals surface area contributed by atoms with Crippen LogP contribution in [0.1, 0.15) is 45.4 Å². The van der Waals surface area contributed by atoms with E-state index in [0.29, 0.717) is 6.61 Å². The summed E-state index contributed by atoms with van der Waals surface area (Å²) in [6.07, 6.45) is 2.01. The molecule has 1 aliphatic rings. The lowest BCUT2D eigenvalue weighted by Gasteiger charge is -2.20.